The van der Waals surface area contributed by atoms with Crippen LogP contribution in [-0.4, -0.2) is 22.6 Å². The molecule has 2 N–H and O–H groups in total. The quantitative estimate of drug-likeness (QED) is 0.780. The number of carboxylic acid groups (broad SMARTS) is 1. The highest BCUT2D eigenvalue weighted by molar-refractivity contribution is 5.92. The number of aromatic nitrogens is 1. The van der Waals surface area contributed by atoms with Crippen LogP contribution in [-0.2, 0) is 0 Å². The van der Waals surface area contributed by atoms with Crippen molar-refractivity contribution in [1.82, 2.24) is 4.98 Å². The van der Waals surface area contributed by atoms with Gasteiger partial charge in [0.25, 0.3) is 6.01 Å². The lowest BCUT2D eigenvalue weighted by atomic mass is 10.2. The Kier molecular flexibility index (Phi) is 3.11. The van der Waals surface area contributed by atoms with Crippen LogP contribution in [0.5, 0.6) is 0 Å². The second-order valence-corrected chi connectivity index (χ2v) is 5.02. The molecule has 100 valence electrons. The highest BCUT2D eigenvalue weighted by Crippen LogP contribution is 2.33. The van der Waals surface area contributed by atoms with E-state index < -0.39 is 5.97 Å². The van der Waals surface area contributed by atoms with E-state index in [1.54, 1.807) is 6.07 Å². The van der Waals surface area contributed by atoms with E-state index in [0.717, 1.165) is 18.9 Å². The summed E-state index contributed by atoms with van der Waals surface area (Å²) in [5, 5.41) is 12.0. The van der Waals surface area contributed by atoms with Crippen LogP contribution < -0.4 is 5.32 Å². The number of carboxylic acids is 1. The molecular weight excluding hydrogens is 244 g/mol. The van der Waals surface area contributed by atoms with Gasteiger partial charge in [-0.15, -0.1) is 0 Å². The minimum atomic E-state index is -0.961. The first kappa shape index (κ1) is 12.0. The molecule has 1 saturated carbocycles. The molecule has 5 nitrogen and oxygen atoms in total. The molecule has 3 rings (SSSR count). The Morgan fingerprint density at radius 3 is 3.05 bits per heavy atom. The monoisotopic (exact) mass is 260 g/mol. The van der Waals surface area contributed by atoms with Gasteiger partial charge in [0, 0.05) is 6.54 Å². The molecule has 1 aliphatic rings. The van der Waals surface area contributed by atoms with E-state index in [9.17, 15) is 4.79 Å². The second kappa shape index (κ2) is 4.91. The molecule has 0 unspecified atom stereocenters. The van der Waals surface area contributed by atoms with E-state index >= 15 is 0 Å². The van der Waals surface area contributed by atoms with Gasteiger partial charge < -0.3 is 14.8 Å². The largest absolute Gasteiger partial charge is 0.478 e. The summed E-state index contributed by atoms with van der Waals surface area (Å²) in [5.41, 5.74) is 1.39. The number of hydrogen-bond acceptors (Lipinski definition) is 4. The lowest BCUT2D eigenvalue weighted by molar-refractivity contribution is 0.0697. The lowest BCUT2D eigenvalue weighted by Crippen LogP contribution is -2.01. The first-order chi connectivity index (χ1) is 9.22. The molecule has 0 saturated heterocycles. The first-order valence-electron chi connectivity index (χ1n) is 6.60. The molecular formula is C14H16N2O3. The van der Waals surface area contributed by atoms with Crippen molar-refractivity contribution in [1.29, 1.82) is 0 Å². The zero-order valence-electron chi connectivity index (χ0n) is 10.6. The van der Waals surface area contributed by atoms with Crippen molar-refractivity contribution < 1.29 is 14.3 Å². The third kappa shape index (κ3) is 2.86. The number of anilines is 1. The summed E-state index contributed by atoms with van der Waals surface area (Å²) >= 11 is 0. The van der Waals surface area contributed by atoms with Crippen LogP contribution in [0.1, 0.15) is 36.0 Å². The molecule has 0 amide bonds. The third-order valence-corrected chi connectivity index (χ3v) is 3.40. The van der Waals surface area contributed by atoms with Crippen molar-refractivity contribution >= 4 is 23.1 Å². The molecule has 0 aliphatic heterocycles. The van der Waals surface area contributed by atoms with Gasteiger partial charge in [-0.2, -0.15) is 4.98 Å². The number of rotatable bonds is 6. The number of benzene rings is 1. The maximum Gasteiger partial charge on any atom is 0.335 e. The number of nitrogens with one attached hydrogen (secondary N) is 1. The van der Waals surface area contributed by atoms with Crippen LogP contribution in [0.15, 0.2) is 22.6 Å². The van der Waals surface area contributed by atoms with Crippen molar-refractivity contribution in [2.24, 2.45) is 5.92 Å². The van der Waals surface area contributed by atoms with Gasteiger partial charge in [0.05, 0.1) is 5.56 Å². The predicted octanol–water partition coefficient (Wildman–Crippen LogP) is 3.13. The molecule has 2 aromatic rings. The SMILES string of the molecule is O=C(O)c1ccc2nc(NCCCC3CC3)oc2c1. The average Bonchev–Trinajstić information content (AvgIpc) is 3.12. The number of nitrogens with zero attached hydrogens (tertiary/aromatic N) is 1. The molecule has 0 bridgehead atoms. The van der Waals surface area contributed by atoms with Gasteiger partial charge >= 0.3 is 5.97 Å². The minimum Gasteiger partial charge on any atom is -0.478 e. The Morgan fingerprint density at radius 2 is 2.32 bits per heavy atom. The molecule has 0 atom stereocenters. The molecule has 1 fully saturated rings. The summed E-state index contributed by atoms with van der Waals surface area (Å²) in [4.78, 5) is 15.1. The maximum atomic E-state index is 10.9. The van der Waals surface area contributed by atoms with Crippen LogP contribution in [0.3, 0.4) is 0 Å². The van der Waals surface area contributed by atoms with Crippen molar-refractivity contribution in [3.8, 4) is 0 Å². The highest BCUT2D eigenvalue weighted by atomic mass is 16.4. The standard InChI is InChI=1S/C14H16N2O3/c17-13(18)10-5-6-11-12(8-10)19-14(16-11)15-7-1-2-9-3-4-9/h5-6,8-9H,1-4,7H2,(H,15,16)(H,17,18). The van der Waals surface area contributed by atoms with Gasteiger partial charge in [-0.25, -0.2) is 4.79 Å². The minimum absolute atomic E-state index is 0.212. The summed E-state index contributed by atoms with van der Waals surface area (Å²) < 4.78 is 5.50. The van der Waals surface area contributed by atoms with Crippen LogP contribution in [0.2, 0.25) is 0 Å². The Balaban J connectivity index is 1.64. The van der Waals surface area contributed by atoms with E-state index in [1.165, 1.54) is 31.4 Å². The van der Waals surface area contributed by atoms with Gasteiger partial charge in [-0.1, -0.05) is 12.8 Å². The van der Waals surface area contributed by atoms with E-state index in [-0.39, 0.29) is 5.56 Å². The summed E-state index contributed by atoms with van der Waals surface area (Å²) in [7, 11) is 0. The first-order valence-corrected chi connectivity index (χ1v) is 6.60. The van der Waals surface area contributed by atoms with E-state index in [4.69, 9.17) is 9.52 Å². The Hall–Kier alpha value is -2.04. The fourth-order valence-electron chi connectivity index (χ4n) is 2.13. The Morgan fingerprint density at radius 1 is 1.47 bits per heavy atom. The van der Waals surface area contributed by atoms with Crippen LogP contribution in [0.25, 0.3) is 11.1 Å². The molecule has 0 spiro atoms. The smallest absolute Gasteiger partial charge is 0.335 e. The zero-order valence-corrected chi connectivity index (χ0v) is 10.6. The van der Waals surface area contributed by atoms with Gasteiger partial charge in [-0.3, -0.25) is 0 Å². The topological polar surface area (TPSA) is 75.4 Å². The van der Waals surface area contributed by atoms with Gasteiger partial charge in [0.15, 0.2) is 5.58 Å². The van der Waals surface area contributed by atoms with Crippen molar-refractivity contribution in [2.75, 3.05) is 11.9 Å². The maximum absolute atomic E-state index is 10.9. The fraction of sp³-hybridized carbons (Fsp3) is 0.429. The Labute approximate surface area is 110 Å². The molecule has 5 heteroatoms. The molecule has 1 aromatic carbocycles. The van der Waals surface area contributed by atoms with Crippen LogP contribution in [0, 0.1) is 5.92 Å². The normalized spacial score (nSPS) is 14.7. The van der Waals surface area contributed by atoms with Crippen molar-refractivity contribution in [2.45, 2.75) is 25.7 Å². The number of aromatic carboxylic acids is 1. The second-order valence-electron chi connectivity index (χ2n) is 5.02. The van der Waals surface area contributed by atoms with Crippen LogP contribution in [0.4, 0.5) is 6.01 Å². The van der Waals surface area contributed by atoms with E-state index in [0.29, 0.717) is 17.1 Å². The van der Waals surface area contributed by atoms with Gasteiger partial charge in [0.2, 0.25) is 0 Å². The van der Waals surface area contributed by atoms with E-state index in [2.05, 4.69) is 10.3 Å². The van der Waals surface area contributed by atoms with E-state index in [1.807, 2.05) is 0 Å². The number of hydrogen-bond donors (Lipinski definition) is 2. The number of fused-ring (bicyclic) bond motifs is 1. The van der Waals surface area contributed by atoms with Crippen molar-refractivity contribution in [3.63, 3.8) is 0 Å². The average molecular weight is 260 g/mol. The van der Waals surface area contributed by atoms with Gasteiger partial charge in [0.1, 0.15) is 5.52 Å². The molecule has 0 radical (unpaired) electrons. The van der Waals surface area contributed by atoms with Gasteiger partial charge in [-0.05, 0) is 37.0 Å². The highest BCUT2D eigenvalue weighted by Gasteiger charge is 2.20. The predicted molar refractivity (Wildman–Crippen MR) is 71.4 cm³/mol. The summed E-state index contributed by atoms with van der Waals surface area (Å²) in [5.74, 6) is -0.0270. The molecule has 19 heavy (non-hydrogen) atoms. The molecule has 1 heterocycles. The third-order valence-electron chi connectivity index (χ3n) is 3.40. The molecule has 1 aromatic heterocycles. The Bertz CT molecular complexity index is 602. The molecule has 1 aliphatic carbocycles. The van der Waals surface area contributed by atoms with Crippen LogP contribution >= 0.6 is 0 Å². The zero-order chi connectivity index (χ0) is 13.2. The number of oxazole rings is 1. The summed E-state index contributed by atoms with van der Waals surface area (Å²) in [6.45, 7) is 0.842. The van der Waals surface area contributed by atoms with Crippen molar-refractivity contribution in [3.05, 3.63) is 23.8 Å². The summed E-state index contributed by atoms with van der Waals surface area (Å²) in [6, 6.07) is 5.16. The summed E-state index contributed by atoms with van der Waals surface area (Å²) in [6.07, 6.45) is 5.13. The lowest BCUT2D eigenvalue weighted by Gasteiger charge is -1.99. The number of carbonyl (C=O) groups is 1. The fourth-order valence-corrected chi connectivity index (χ4v) is 2.13.